The van der Waals surface area contributed by atoms with Gasteiger partial charge in [-0.2, -0.15) is 5.26 Å². The van der Waals surface area contributed by atoms with Gasteiger partial charge < -0.3 is 10.6 Å². The standard InChI is InChI=1S/C15H21N3OS/c1-12(2)18-10-13-4-6-14(7-5-13)20-11-15(19)17-9-3-8-16/h4-7,12,18H,3,9-11H2,1-2H3,(H,17,19). The lowest BCUT2D eigenvalue weighted by Crippen LogP contribution is -2.25. The lowest BCUT2D eigenvalue weighted by atomic mass is 10.2. The van der Waals surface area contributed by atoms with Gasteiger partial charge in [0.05, 0.1) is 18.2 Å². The fourth-order valence-corrected chi connectivity index (χ4v) is 2.21. The van der Waals surface area contributed by atoms with Crippen molar-refractivity contribution in [2.24, 2.45) is 0 Å². The third-order valence-electron chi connectivity index (χ3n) is 2.57. The van der Waals surface area contributed by atoms with Crippen molar-refractivity contribution >= 4 is 17.7 Å². The lowest BCUT2D eigenvalue weighted by Gasteiger charge is -2.08. The van der Waals surface area contributed by atoms with Crippen molar-refractivity contribution in [3.63, 3.8) is 0 Å². The van der Waals surface area contributed by atoms with E-state index in [-0.39, 0.29) is 5.91 Å². The molecule has 1 rings (SSSR count). The Morgan fingerprint density at radius 3 is 2.65 bits per heavy atom. The van der Waals surface area contributed by atoms with Crippen LogP contribution in [0.3, 0.4) is 0 Å². The van der Waals surface area contributed by atoms with Crippen molar-refractivity contribution in [3.05, 3.63) is 29.8 Å². The molecule has 0 unspecified atom stereocenters. The zero-order chi connectivity index (χ0) is 14.8. The molecule has 0 atom stereocenters. The van der Waals surface area contributed by atoms with Crippen molar-refractivity contribution in [2.75, 3.05) is 12.3 Å². The normalized spacial score (nSPS) is 10.3. The highest BCUT2D eigenvalue weighted by Gasteiger charge is 2.02. The number of carbonyl (C=O) groups excluding carboxylic acids is 1. The van der Waals surface area contributed by atoms with Crippen LogP contribution in [0.15, 0.2) is 29.2 Å². The van der Waals surface area contributed by atoms with Gasteiger partial charge in [-0.1, -0.05) is 26.0 Å². The summed E-state index contributed by atoms with van der Waals surface area (Å²) in [6.07, 6.45) is 0.355. The Labute approximate surface area is 124 Å². The van der Waals surface area contributed by atoms with Gasteiger partial charge in [0.15, 0.2) is 0 Å². The second-order valence-corrected chi connectivity index (χ2v) is 5.78. The summed E-state index contributed by atoms with van der Waals surface area (Å²) in [5.74, 6) is 0.352. The molecule has 0 radical (unpaired) electrons. The molecule has 5 heteroatoms. The highest BCUT2D eigenvalue weighted by molar-refractivity contribution is 8.00. The second-order valence-electron chi connectivity index (χ2n) is 4.73. The molecule has 108 valence electrons. The number of hydrogen-bond donors (Lipinski definition) is 2. The zero-order valence-corrected chi connectivity index (χ0v) is 12.8. The summed E-state index contributed by atoms with van der Waals surface area (Å²) in [6, 6.07) is 10.7. The highest BCUT2D eigenvalue weighted by Crippen LogP contribution is 2.18. The number of nitriles is 1. The number of rotatable bonds is 8. The summed E-state index contributed by atoms with van der Waals surface area (Å²) >= 11 is 1.50. The molecule has 20 heavy (non-hydrogen) atoms. The Bertz CT molecular complexity index is 451. The first-order valence-electron chi connectivity index (χ1n) is 6.70. The summed E-state index contributed by atoms with van der Waals surface area (Å²) in [5, 5.41) is 14.4. The highest BCUT2D eigenvalue weighted by atomic mass is 32.2. The van der Waals surface area contributed by atoms with E-state index in [1.165, 1.54) is 17.3 Å². The van der Waals surface area contributed by atoms with Crippen LogP contribution in [0.1, 0.15) is 25.8 Å². The molecule has 2 N–H and O–H groups in total. The van der Waals surface area contributed by atoms with Crippen LogP contribution in [0, 0.1) is 11.3 Å². The van der Waals surface area contributed by atoms with E-state index in [4.69, 9.17) is 5.26 Å². The quantitative estimate of drug-likeness (QED) is 0.570. The van der Waals surface area contributed by atoms with Gasteiger partial charge in [0, 0.05) is 24.0 Å². The van der Waals surface area contributed by atoms with Crippen LogP contribution in [0.2, 0.25) is 0 Å². The Balaban J connectivity index is 2.31. The minimum Gasteiger partial charge on any atom is -0.354 e. The number of amides is 1. The molecule has 0 saturated carbocycles. The van der Waals surface area contributed by atoms with E-state index in [9.17, 15) is 4.79 Å². The van der Waals surface area contributed by atoms with Gasteiger partial charge in [-0.3, -0.25) is 4.79 Å². The van der Waals surface area contributed by atoms with E-state index in [2.05, 4.69) is 36.6 Å². The molecule has 1 aromatic rings. The largest absolute Gasteiger partial charge is 0.354 e. The Morgan fingerprint density at radius 1 is 1.35 bits per heavy atom. The van der Waals surface area contributed by atoms with Crippen LogP contribution in [0.5, 0.6) is 0 Å². The lowest BCUT2D eigenvalue weighted by molar-refractivity contribution is -0.118. The Kier molecular flexibility index (Phi) is 7.78. The summed E-state index contributed by atoms with van der Waals surface area (Å²) in [7, 11) is 0. The number of benzene rings is 1. The first kappa shape index (κ1) is 16.5. The van der Waals surface area contributed by atoms with Crippen LogP contribution in [-0.2, 0) is 11.3 Å². The molecule has 0 spiro atoms. The molecule has 1 aromatic carbocycles. The third-order valence-corrected chi connectivity index (χ3v) is 3.58. The average molecular weight is 291 g/mol. The van der Waals surface area contributed by atoms with Gasteiger partial charge in [-0.05, 0) is 17.7 Å². The Hall–Kier alpha value is -1.51. The number of carbonyl (C=O) groups is 1. The molecule has 0 bridgehead atoms. The van der Waals surface area contributed by atoms with Gasteiger partial charge in [0.1, 0.15) is 0 Å². The van der Waals surface area contributed by atoms with Gasteiger partial charge in [-0.25, -0.2) is 0 Å². The monoisotopic (exact) mass is 291 g/mol. The second kappa shape index (κ2) is 9.40. The minimum atomic E-state index is -0.0317. The molecule has 1 amide bonds. The first-order chi connectivity index (χ1) is 9.61. The van der Waals surface area contributed by atoms with E-state index in [0.29, 0.717) is 24.8 Å². The van der Waals surface area contributed by atoms with Gasteiger partial charge in [-0.15, -0.1) is 11.8 Å². The zero-order valence-electron chi connectivity index (χ0n) is 12.0. The number of thioether (sulfide) groups is 1. The maximum Gasteiger partial charge on any atom is 0.230 e. The summed E-state index contributed by atoms with van der Waals surface area (Å²) in [4.78, 5) is 12.6. The fraction of sp³-hybridized carbons (Fsp3) is 0.467. The van der Waals surface area contributed by atoms with Crippen LogP contribution in [0.4, 0.5) is 0 Å². The maximum absolute atomic E-state index is 11.5. The van der Waals surface area contributed by atoms with E-state index < -0.39 is 0 Å². The number of nitrogens with one attached hydrogen (secondary N) is 2. The van der Waals surface area contributed by atoms with Crippen molar-refractivity contribution in [1.82, 2.24) is 10.6 Å². The van der Waals surface area contributed by atoms with Crippen molar-refractivity contribution < 1.29 is 4.79 Å². The third kappa shape index (κ3) is 7.17. The smallest absolute Gasteiger partial charge is 0.230 e. The van der Waals surface area contributed by atoms with Crippen molar-refractivity contribution in [2.45, 2.75) is 37.8 Å². The molecule has 0 heterocycles. The maximum atomic E-state index is 11.5. The van der Waals surface area contributed by atoms with Crippen LogP contribution in [-0.4, -0.2) is 24.2 Å². The average Bonchev–Trinajstić information content (AvgIpc) is 2.44. The van der Waals surface area contributed by atoms with Gasteiger partial charge in [0.2, 0.25) is 5.91 Å². The van der Waals surface area contributed by atoms with Gasteiger partial charge in [0.25, 0.3) is 0 Å². The summed E-state index contributed by atoms with van der Waals surface area (Å²) in [6.45, 7) is 5.53. The molecular weight excluding hydrogens is 270 g/mol. The van der Waals surface area contributed by atoms with Crippen LogP contribution < -0.4 is 10.6 Å². The predicted molar refractivity (Wildman–Crippen MR) is 82.4 cm³/mol. The van der Waals surface area contributed by atoms with Crippen molar-refractivity contribution in [3.8, 4) is 6.07 Å². The minimum absolute atomic E-state index is 0.0317. The van der Waals surface area contributed by atoms with E-state index in [0.717, 1.165) is 11.4 Å². The van der Waals surface area contributed by atoms with Crippen LogP contribution in [0.25, 0.3) is 0 Å². The topological polar surface area (TPSA) is 64.9 Å². The molecule has 0 aliphatic rings. The molecule has 4 nitrogen and oxygen atoms in total. The summed E-state index contributed by atoms with van der Waals surface area (Å²) < 4.78 is 0. The molecule has 0 aromatic heterocycles. The van der Waals surface area contributed by atoms with E-state index >= 15 is 0 Å². The summed E-state index contributed by atoms with van der Waals surface area (Å²) in [5.41, 5.74) is 1.24. The molecule has 0 aliphatic heterocycles. The first-order valence-corrected chi connectivity index (χ1v) is 7.69. The molecule has 0 aliphatic carbocycles. The number of hydrogen-bond acceptors (Lipinski definition) is 4. The van der Waals surface area contributed by atoms with Crippen LogP contribution >= 0.6 is 11.8 Å². The van der Waals surface area contributed by atoms with Gasteiger partial charge >= 0.3 is 0 Å². The van der Waals surface area contributed by atoms with E-state index in [1.54, 1.807) is 0 Å². The fourth-order valence-electron chi connectivity index (χ4n) is 1.48. The molecular formula is C15H21N3OS. The number of nitrogens with zero attached hydrogens (tertiary/aromatic N) is 1. The van der Waals surface area contributed by atoms with Crippen molar-refractivity contribution in [1.29, 1.82) is 5.26 Å². The molecule has 0 saturated heterocycles. The SMILES string of the molecule is CC(C)NCc1ccc(SCC(=O)NCCC#N)cc1. The van der Waals surface area contributed by atoms with E-state index in [1.807, 2.05) is 18.2 Å². The predicted octanol–water partition coefficient (Wildman–Crippen LogP) is 2.31. The molecule has 0 fully saturated rings. The Morgan fingerprint density at radius 2 is 2.05 bits per heavy atom.